The first kappa shape index (κ1) is 21.6. The molecule has 5 heteroatoms. The molecule has 2 aromatic rings. The summed E-state index contributed by atoms with van der Waals surface area (Å²) in [5.74, 6) is 1.15. The van der Waals surface area contributed by atoms with E-state index in [2.05, 4.69) is 40.2 Å². The summed E-state index contributed by atoms with van der Waals surface area (Å²) in [6.45, 7) is 1.36. The predicted octanol–water partition coefficient (Wildman–Crippen LogP) is 5.29. The Kier molecular flexibility index (Phi) is 7.87. The second kappa shape index (κ2) is 10.6. The largest absolute Gasteiger partial charge is 0.497 e. The SMILES string of the molecule is COc1ccc(C(=O)C2CCN(C(=O)CCCCc3ccc(Br)cc3)CC2)cc1. The summed E-state index contributed by atoms with van der Waals surface area (Å²) in [4.78, 5) is 27.1. The number of halogens is 1. The average Bonchev–Trinajstić information content (AvgIpc) is 2.77. The number of benzene rings is 2. The number of Topliss-reactive ketones (excluding diaryl/α,β-unsaturated/α-hetero) is 1. The lowest BCUT2D eigenvalue weighted by atomic mass is 9.88. The van der Waals surface area contributed by atoms with E-state index in [1.807, 2.05) is 29.2 Å². The fourth-order valence-electron chi connectivity index (χ4n) is 3.80. The third-order valence-electron chi connectivity index (χ3n) is 5.61. The van der Waals surface area contributed by atoms with Crippen LogP contribution in [0.1, 0.15) is 48.0 Å². The van der Waals surface area contributed by atoms with Gasteiger partial charge in [0.05, 0.1) is 7.11 Å². The van der Waals surface area contributed by atoms with Gasteiger partial charge in [0, 0.05) is 35.5 Å². The van der Waals surface area contributed by atoms with Gasteiger partial charge >= 0.3 is 0 Å². The number of methoxy groups -OCH3 is 1. The maximum absolute atomic E-state index is 12.7. The minimum atomic E-state index is 0.00449. The van der Waals surface area contributed by atoms with Gasteiger partial charge in [0.25, 0.3) is 0 Å². The van der Waals surface area contributed by atoms with Crippen LogP contribution in [0.5, 0.6) is 5.75 Å². The zero-order valence-electron chi connectivity index (χ0n) is 16.9. The molecule has 0 N–H and O–H groups in total. The maximum atomic E-state index is 12.7. The fraction of sp³-hybridized carbons (Fsp3) is 0.417. The van der Waals surface area contributed by atoms with E-state index in [9.17, 15) is 9.59 Å². The van der Waals surface area contributed by atoms with E-state index in [1.54, 1.807) is 7.11 Å². The molecule has 1 aliphatic rings. The summed E-state index contributed by atoms with van der Waals surface area (Å²) in [6, 6.07) is 15.6. The Bertz CT molecular complexity index is 809. The van der Waals surface area contributed by atoms with Crippen molar-refractivity contribution in [2.24, 2.45) is 5.92 Å². The van der Waals surface area contributed by atoms with Crippen molar-refractivity contribution in [2.45, 2.75) is 38.5 Å². The Labute approximate surface area is 181 Å². The molecule has 0 unspecified atom stereocenters. The topological polar surface area (TPSA) is 46.6 Å². The molecule has 154 valence electrons. The number of ether oxygens (including phenoxy) is 1. The summed E-state index contributed by atoms with van der Waals surface area (Å²) in [6.07, 6.45) is 5.00. The molecule has 0 saturated carbocycles. The van der Waals surface area contributed by atoms with E-state index in [-0.39, 0.29) is 17.6 Å². The monoisotopic (exact) mass is 457 g/mol. The normalized spacial score (nSPS) is 14.6. The van der Waals surface area contributed by atoms with E-state index >= 15 is 0 Å². The van der Waals surface area contributed by atoms with Gasteiger partial charge in [-0.15, -0.1) is 0 Å². The highest BCUT2D eigenvalue weighted by Gasteiger charge is 2.27. The van der Waals surface area contributed by atoms with Gasteiger partial charge in [0.1, 0.15) is 5.75 Å². The smallest absolute Gasteiger partial charge is 0.222 e. The molecule has 0 aromatic heterocycles. The van der Waals surface area contributed by atoms with Crippen LogP contribution in [0, 0.1) is 5.92 Å². The molecule has 1 saturated heterocycles. The minimum absolute atomic E-state index is 0.00449. The Balaban J connectivity index is 1.38. The Hall–Kier alpha value is -2.14. The first-order chi connectivity index (χ1) is 14.1. The lowest BCUT2D eigenvalue weighted by Gasteiger charge is -2.31. The molecule has 1 aliphatic heterocycles. The lowest BCUT2D eigenvalue weighted by Crippen LogP contribution is -2.40. The third kappa shape index (κ3) is 6.17. The van der Waals surface area contributed by atoms with Crippen molar-refractivity contribution in [2.75, 3.05) is 20.2 Å². The molecule has 0 atom stereocenters. The van der Waals surface area contributed by atoms with Crippen molar-refractivity contribution in [1.82, 2.24) is 4.90 Å². The molecule has 0 radical (unpaired) electrons. The minimum Gasteiger partial charge on any atom is -0.497 e. The number of piperidine rings is 1. The van der Waals surface area contributed by atoms with Gasteiger partial charge in [-0.25, -0.2) is 0 Å². The second-order valence-corrected chi connectivity index (χ2v) is 8.50. The van der Waals surface area contributed by atoms with E-state index in [4.69, 9.17) is 4.74 Å². The summed E-state index contributed by atoms with van der Waals surface area (Å²) >= 11 is 3.45. The Morgan fingerprint density at radius 1 is 1.00 bits per heavy atom. The van der Waals surface area contributed by atoms with E-state index in [0.29, 0.717) is 19.5 Å². The van der Waals surface area contributed by atoms with Crippen molar-refractivity contribution in [1.29, 1.82) is 0 Å². The number of aryl methyl sites for hydroxylation is 1. The number of rotatable bonds is 8. The number of likely N-dealkylation sites (tertiary alicyclic amines) is 1. The van der Waals surface area contributed by atoms with Crippen molar-refractivity contribution in [3.8, 4) is 5.75 Å². The number of hydrogen-bond acceptors (Lipinski definition) is 3. The van der Waals surface area contributed by atoms with Crippen LogP contribution >= 0.6 is 15.9 Å². The summed E-state index contributed by atoms with van der Waals surface area (Å²) in [5.41, 5.74) is 2.03. The number of amides is 1. The first-order valence-corrected chi connectivity index (χ1v) is 11.1. The van der Waals surface area contributed by atoms with E-state index in [1.165, 1.54) is 5.56 Å². The van der Waals surface area contributed by atoms with Crippen molar-refractivity contribution in [3.05, 3.63) is 64.1 Å². The van der Waals surface area contributed by atoms with Gasteiger partial charge in [0.2, 0.25) is 5.91 Å². The molecule has 2 aromatic carbocycles. The fourth-order valence-corrected chi connectivity index (χ4v) is 4.06. The molecule has 0 aliphatic carbocycles. The molecular formula is C24H28BrNO3. The van der Waals surface area contributed by atoms with Crippen LogP contribution in [0.2, 0.25) is 0 Å². The van der Waals surface area contributed by atoms with Gasteiger partial charge in [-0.3, -0.25) is 9.59 Å². The highest BCUT2D eigenvalue weighted by molar-refractivity contribution is 9.10. The van der Waals surface area contributed by atoms with Gasteiger partial charge in [-0.05, 0) is 74.1 Å². The van der Waals surface area contributed by atoms with Crippen molar-refractivity contribution >= 4 is 27.6 Å². The van der Waals surface area contributed by atoms with Crippen LogP contribution in [0.15, 0.2) is 53.0 Å². The van der Waals surface area contributed by atoms with Crippen molar-refractivity contribution < 1.29 is 14.3 Å². The van der Waals surface area contributed by atoms with Gasteiger partial charge in [-0.2, -0.15) is 0 Å². The van der Waals surface area contributed by atoms with Crippen LogP contribution in [-0.4, -0.2) is 36.8 Å². The highest BCUT2D eigenvalue weighted by atomic mass is 79.9. The molecule has 1 heterocycles. The first-order valence-electron chi connectivity index (χ1n) is 10.3. The lowest BCUT2D eigenvalue weighted by molar-refractivity contribution is -0.132. The molecule has 1 amide bonds. The summed E-state index contributed by atoms with van der Waals surface area (Å²) in [7, 11) is 1.62. The van der Waals surface area contributed by atoms with Gasteiger partial charge in [0.15, 0.2) is 5.78 Å². The zero-order valence-corrected chi connectivity index (χ0v) is 18.5. The summed E-state index contributed by atoms with van der Waals surface area (Å²) < 4.78 is 6.24. The van der Waals surface area contributed by atoms with Crippen LogP contribution in [-0.2, 0) is 11.2 Å². The number of nitrogens with zero attached hydrogens (tertiary/aromatic N) is 1. The number of hydrogen-bond donors (Lipinski definition) is 0. The quantitative estimate of drug-likeness (QED) is 0.399. The molecular weight excluding hydrogens is 430 g/mol. The molecule has 4 nitrogen and oxygen atoms in total. The molecule has 0 bridgehead atoms. The second-order valence-electron chi connectivity index (χ2n) is 7.58. The molecule has 3 rings (SSSR count). The van der Waals surface area contributed by atoms with Gasteiger partial charge in [-0.1, -0.05) is 28.1 Å². The summed E-state index contributed by atoms with van der Waals surface area (Å²) in [5, 5.41) is 0. The number of carbonyl (C=O) groups excluding carboxylic acids is 2. The maximum Gasteiger partial charge on any atom is 0.222 e. The number of carbonyl (C=O) groups is 2. The van der Waals surface area contributed by atoms with Gasteiger partial charge < -0.3 is 9.64 Å². The molecule has 29 heavy (non-hydrogen) atoms. The third-order valence-corrected chi connectivity index (χ3v) is 6.14. The van der Waals surface area contributed by atoms with E-state index in [0.717, 1.165) is 47.9 Å². The van der Waals surface area contributed by atoms with Crippen molar-refractivity contribution in [3.63, 3.8) is 0 Å². The zero-order chi connectivity index (χ0) is 20.6. The van der Waals surface area contributed by atoms with E-state index < -0.39 is 0 Å². The van der Waals surface area contributed by atoms with Crippen LogP contribution < -0.4 is 4.74 Å². The molecule has 1 fully saturated rings. The van der Waals surface area contributed by atoms with Crippen LogP contribution in [0.3, 0.4) is 0 Å². The number of ketones is 1. The Morgan fingerprint density at radius 2 is 1.66 bits per heavy atom. The number of unbranched alkanes of at least 4 members (excludes halogenated alkanes) is 1. The standard InChI is InChI=1S/C24H28BrNO3/c1-29-22-12-8-19(9-13-22)24(28)20-14-16-26(17-15-20)23(27)5-3-2-4-18-6-10-21(25)11-7-18/h6-13,20H,2-5,14-17H2,1H3. The van der Waals surface area contributed by atoms with Crippen LogP contribution in [0.25, 0.3) is 0 Å². The van der Waals surface area contributed by atoms with Crippen LogP contribution in [0.4, 0.5) is 0 Å². The average molecular weight is 458 g/mol. The highest BCUT2D eigenvalue weighted by Crippen LogP contribution is 2.24. The predicted molar refractivity (Wildman–Crippen MR) is 118 cm³/mol. The Morgan fingerprint density at radius 3 is 2.28 bits per heavy atom. The molecule has 0 spiro atoms.